The lowest BCUT2D eigenvalue weighted by Gasteiger charge is -2.20. The molecule has 1 heterocycles. The molecule has 0 aromatic carbocycles. The summed E-state index contributed by atoms with van der Waals surface area (Å²) in [5.41, 5.74) is 0.269. The van der Waals surface area contributed by atoms with E-state index in [0.717, 1.165) is 0 Å². The number of carbonyl (C=O) groups excluding carboxylic acids is 2. The van der Waals surface area contributed by atoms with Gasteiger partial charge in [-0.2, -0.15) is 0 Å². The Labute approximate surface area is 118 Å². The molecule has 0 unspecified atom stereocenters. The van der Waals surface area contributed by atoms with Crippen molar-refractivity contribution in [2.24, 2.45) is 0 Å². The van der Waals surface area contributed by atoms with Gasteiger partial charge in [-0.25, -0.2) is 0 Å². The number of nitrogens with one attached hydrogen (secondary N) is 3. The van der Waals surface area contributed by atoms with Crippen molar-refractivity contribution < 1.29 is 9.59 Å². The van der Waals surface area contributed by atoms with E-state index in [1.807, 2.05) is 27.7 Å². The molecule has 0 aliphatic carbocycles. The van der Waals surface area contributed by atoms with E-state index in [0.29, 0.717) is 12.1 Å². The number of amides is 2. The van der Waals surface area contributed by atoms with Gasteiger partial charge in [0.2, 0.25) is 11.5 Å². The Hall–Kier alpha value is -2.11. The molecule has 2 amide bonds. The van der Waals surface area contributed by atoms with E-state index in [-0.39, 0.29) is 29.1 Å². The lowest BCUT2D eigenvalue weighted by atomic mass is 10.1. The van der Waals surface area contributed by atoms with Crippen LogP contribution in [0.25, 0.3) is 0 Å². The Bertz CT molecular complexity index is 556. The number of aryl methyl sites for hydroxylation is 1. The van der Waals surface area contributed by atoms with Crippen molar-refractivity contribution in [2.75, 3.05) is 6.54 Å². The van der Waals surface area contributed by atoms with Crippen LogP contribution in [0.1, 0.15) is 43.7 Å². The molecule has 0 saturated carbocycles. The molecule has 1 rings (SSSR count). The summed E-state index contributed by atoms with van der Waals surface area (Å²) in [5, 5.41) is 5.23. The van der Waals surface area contributed by atoms with Crippen molar-refractivity contribution in [3.05, 3.63) is 33.7 Å². The normalized spacial score (nSPS) is 11.0. The van der Waals surface area contributed by atoms with Crippen molar-refractivity contribution in [2.45, 2.75) is 39.7 Å². The summed E-state index contributed by atoms with van der Waals surface area (Å²) in [4.78, 5) is 37.5. The van der Waals surface area contributed by atoms with Crippen LogP contribution < -0.4 is 16.2 Å². The van der Waals surface area contributed by atoms with E-state index in [1.165, 1.54) is 6.07 Å². The molecule has 6 nitrogen and oxygen atoms in total. The van der Waals surface area contributed by atoms with Gasteiger partial charge in [-0.05, 0) is 33.3 Å². The molecule has 0 atom stereocenters. The largest absolute Gasteiger partial charge is 0.350 e. The third kappa shape index (κ3) is 5.26. The van der Waals surface area contributed by atoms with Gasteiger partial charge in [0.25, 0.3) is 5.91 Å². The number of carbonyl (C=O) groups is 2. The van der Waals surface area contributed by atoms with E-state index < -0.39 is 5.91 Å². The van der Waals surface area contributed by atoms with Crippen LogP contribution in [-0.4, -0.2) is 28.9 Å². The fraction of sp³-hybridized carbons (Fsp3) is 0.500. The smallest absolute Gasteiger partial charge is 0.251 e. The zero-order valence-corrected chi connectivity index (χ0v) is 12.3. The number of H-pyrrole nitrogens is 1. The van der Waals surface area contributed by atoms with E-state index in [2.05, 4.69) is 15.6 Å². The van der Waals surface area contributed by atoms with Crippen LogP contribution in [0.3, 0.4) is 0 Å². The Morgan fingerprint density at radius 3 is 2.45 bits per heavy atom. The number of aromatic nitrogens is 1. The van der Waals surface area contributed by atoms with Crippen LogP contribution in [0.2, 0.25) is 0 Å². The predicted molar refractivity (Wildman–Crippen MR) is 76.7 cm³/mol. The van der Waals surface area contributed by atoms with E-state index in [1.54, 1.807) is 6.07 Å². The van der Waals surface area contributed by atoms with Gasteiger partial charge in [-0.3, -0.25) is 14.4 Å². The fourth-order valence-electron chi connectivity index (χ4n) is 1.65. The lowest BCUT2D eigenvalue weighted by Crippen LogP contribution is -2.45. The van der Waals surface area contributed by atoms with Gasteiger partial charge < -0.3 is 15.6 Å². The first-order valence-corrected chi connectivity index (χ1v) is 6.53. The summed E-state index contributed by atoms with van der Waals surface area (Å²) in [7, 11) is 0. The standard InChI is InChI=1S/C14H21N3O3/c1-5-10-6-9(7-11(18)16-10)13(20)15-8-12(19)17-14(2,3)4/h6-7H,5,8H2,1-4H3,(H,15,20)(H,16,18)(H,17,19). The zero-order valence-electron chi connectivity index (χ0n) is 12.3. The maximum Gasteiger partial charge on any atom is 0.251 e. The topological polar surface area (TPSA) is 91.1 Å². The summed E-state index contributed by atoms with van der Waals surface area (Å²) in [6, 6.07) is 2.83. The predicted octanol–water partition coefficient (Wildman–Crippen LogP) is 0.582. The first-order valence-electron chi connectivity index (χ1n) is 6.53. The Morgan fingerprint density at radius 1 is 1.25 bits per heavy atom. The molecule has 0 radical (unpaired) electrons. The molecule has 0 spiro atoms. The molecular formula is C14H21N3O3. The van der Waals surface area contributed by atoms with Gasteiger partial charge in [-0.15, -0.1) is 0 Å². The van der Waals surface area contributed by atoms with Crippen LogP contribution >= 0.6 is 0 Å². The molecule has 0 saturated heterocycles. The molecule has 1 aromatic rings. The minimum atomic E-state index is -0.435. The van der Waals surface area contributed by atoms with Gasteiger partial charge in [0, 0.05) is 22.9 Å². The van der Waals surface area contributed by atoms with Crippen LogP contribution in [0.15, 0.2) is 16.9 Å². The van der Waals surface area contributed by atoms with Crippen molar-refractivity contribution in [1.82, 2.24) is 15.6 Å². The second-order valence-corrected chi connectivity index (χ2v) is 5.59. The Balaban J connectivity index is 2.66. The number of rotatable bonds is 4. The van der Waals surface area contributed by atoms with Crippen molar-refractivity contribution in [1.29, 1.82) is 0 Å². The molecule has 3 N–H and O–H groups in total. The molecule has 0 aliphatic heterocycles. The maximum atomic E-state index is 11.9. The summed E-state index contributed by atoms with van der Waals surface area (Å²) in [6.07, 6.45) is 0.626. The van der Waals surface area contributed by atoms with Gasteiger partial charge in [-0.1, -0.05) is 6.92 Å². The van der Waals surface area contributed by atoms with Crippen molar-refractivity contribution in [3.8, 4) is 0 Å². The molecular weight excluding hydrogens is 258 g/mol. The molecule has 6 heteroatoms. The molecule has 1 aromatic heterocycles. The monoisotopic (exact) mass is 279 g/mol. The first kappa shape index (κ1) is 15.9. The Morgan fingerprint density at radius 2 is 1.90 bits per heavy atom. The van der Waals surface area contributed by atoms with Crippen LogP contribution in [0.4, 0.5) is 0 Å². The number of pyridine rings is 1. The summed E-state index contributed by atoms with van der Waals surface area (Å²) >= 11 is 0. The summed E-state index contributed by atoms with van der Waals surface area (Å²) in [6.45, 7) is 7.33. The highest BCUT2D eigenvalue weighted by Gasteiger charge is 2.15. The average molecular weight is 279 g/mol. The quantitative estimate of drug-likeness (QED) is 0.753. The van der Waals surface area contributed by atoms with Gasteiger partial charge in [0.1, 0.15) is 0 Å². The highest BCUT2D eigenvalue weighted by molar-refractivity contribution is 5.96. The summed E-state index contributed by atoms with van der Waals surface area (Å²) < 4.78 is 0. The van der Waals surface area contributed by atoms with Gasteiger partial charge >= 0.3 is 0 Å². The minimum Gasteiger partial charge on any atom is -0.350 e. The van der Waals surface area contributed by atoms with E-state index >= 15 is 0 Å². The first-order chi connectivity index (χ1) is 9.21. The van der Waals surface area contributed by atoms with E-state index in [4.69, 9.17) is 0 Å². The molecule has 110 valence electrons. The number of aromatic amines is 1. The van der Waals surface area contributed by atoms with Crippen LogP contribution in [-0.2, 0) is 11.2 Å². The van der Waals surface area contributed by atoms with Gasteiger partial charge in [0.15, 0.2) is 0 Å². The molecule has 0 bridgehead atoms. The number of hydrogen-bond acceptors (Lipinski definition) is 3. The third-order valence-electron chi connectivity index (χ3n) is 2.47. The third-order valence-corrected chi connectivity index (χ3v) is 2.47. The number of hydrogen-bond donors (Lipinski definition) is 3. The lowest BCUT2D eigenvalue weighted by molar-refractivity contribution is -0.121. The maximum absolute atomic E-state index is 11.9. The van der Waals surface area contributed by atoms with E-state index in [9.17, 15) is 14.4 Å². The zero-order chi connectivity index (χ0) is 15.3. The second-order valence-electron chi connectivity index (χ2n) is 5.59. The van der Waals surface area contributed by atoms with Crippen LogP contribution in [0.5, 0.6) is 0 Å². The van der Waals surface area contributed by atoms with Crippen molar-refractivity contribution in [3.63, 3.8) is 0 Å². The second kappa shape index (κ2) is 6.36. The summed E-state index contributed by atoms with van der Waals surface area (Å²) in [5.74, 6) is -0.707. The molecule has 0 aliphatic rings. The van der Waals surface area contributed by atoms with Crippen molar-refractivity contribution >= 4 is 11.8 Å². The van der Waals surface area contributed by atoms with Gasteiger partial charge in [0.05, 0.1) is 6.54 Å². The van der Waals surface area contributed by atoms with Crippen LogP contribution in [0, 0.1) is 0 Å². The highest BCUT2D eigenvalue weighted by Crippen LogP contribution is 2.00. The highest BCUT2D eigenvalue weighted by atomic mass is 16.2. The molecule has 20 heavy (non-hydrogen) atoms. The molecule has 0 fully saturated rings. The fourth-order valence-corrected chi connectivity index (χ4v) is 1.65. The minimum absolute atomic E-state index is 0.121. The SMILES string of the molecule is CCc1cc(C(=O)NCC(=O)NC(C)(C)C)cc(=O)[nH]1. The Kier molecular flexibility index (Phi) is 5.07. The average Bonchev–Trinajstić information content (AvgIpc) is 2.33.